The van der Waals surface area contributed by atoms with Crippen LogP contribution in [0.5, 0.6) is 0 Å². The zero-order valence-electron chi connectivity index (χ0n) is 12.5. The maximum absolute atomic E-state index is 12.5. The molecule has 0 atom stereocenters. The standard InChI is InChI=1S/C14H20N2O3S/c1-6-18-13(19-7-2)11-8(3)12(17)16-9(4)10(5)20-14(16)15-11/h13H,6-7H2,1-5H3. The summed E-state index contributed by atoms with van der Waals surface area (Å²) < 4.78 is 12.8. The van der Waals surface area contributed by atoms with Gasteiger partial charge in [0.15, 0.2) is 4.96 Å². The van der Waals surface area contributed by atoms with E-state index in [1.807, 2.05) is 27.7 Å². The Hall–Kier alpha value is -1.24. The summed E-state index contributed by atoms with van der Waals surface area (Å²) in [6, 6.07) is 0. The Morgan fingerprint density at radius 2 is 1.80 bits per heavy atom. The van der Waals surface area contributed by atoms with E-state index in [1.165, 1.54) is 11.3 Å². The van der Waals surface area contributed by atoms with Gasteiger partial charge < -0.3 is 9.47 Å². The summed E-state index contributed by atoms with van der Waals surface area (Å²) in [6.45, 7) is 10.5. The molecule has 0 saturated heterocycles. The number of thiazole rings is 1. The Morgan fingerprint density at radius 3 is 2.35 bits per heavy atom. The van der Waals surface area contributed by atoms with E-state index in [0.29, 0.717) is 29.4 Å². The lowest BCUT2D eigenvalue weighted by atomic mass is 10.2. The molecule has 2 rings (SSSR count). The third-order valence-corrected chi connectivity index (χ3v) is 4.32. The van der Waals surface area contributed by atoms with Crippen LogP contribution < -0.4 is 5.56 Å². The van der Waals surface area contributed by atoms with Gasteiger partial charge in [-0.2, -0.15) is 0 Å². The number of aryl methyl sites for hydroxylation is 2. The molecule has 0 fully saturated rings. The molecular weight excluding hydrogens is 276 g/mol. The lowest BCUT2D eigenvalue weighted by Gasteiger charge is -2.17. The van der Waals surface area contributed by atoms with E-state index in [-0.39, 0.29) is 5.56 Å². The molecule has 5 nitrogen and oxygen atoms in total. The maximum atomic E-state index is 12.5. The molecule has 0 aliphatic heterocycles. The third kappa shape index (κ3) is 2.51. The first-order valence-corrected chi connectivity index (χ1v) is 7.55. The van der Waals surface area contributed by atoms with E-state index >= 15 is 0 Å². The van der Waals surface area contributed by atoms with Gasteiger partial charge in [0.25, 0.3) is 5.56 Å². The Morgan fingerprint density at radius 1 is 1.20 bits per heavy atom. The topological polar surface area (TPSA) is 52.8 Å². The lowest BCUT2D eigenvalue weighted by molar-refractivity contribution is -0.142. The molecule has 0 aliphatic rings. The highest BCUT2D eigenvalue weighted by atomic mass is 32.1. The molecule has 0 unspecified atom stereocenters. The summed E-state index contributed by atoms with van der Waals surface area (Å²) in [4.78, 5) is 18.9. The average molecular weight is 296 g/mol. The van der Waals surface area contributed by atoms with Crippen LogP contribution in [-0.2, 0) is 9.47 Å². The maximum Gasteiger partial charge on any atom is 0.262 e. The van der Waals surface area contributed by atoms with Crippen LogP contribution in [0.15, 0.2) is 4.79 Å². The van der Waals surface area contributed by atoms with Crippen LogP contribution in [0.1, 0.15) is 42.0 Å². The fourth-order valence-corrected chi connectivity index (χ4v) is 3.04. The lowest BCUT2D eigenvalue weighted by Crippen LogP contribution is -2.23. The van der Waals surface area contributed by atoms with Crippen LogP contribution in [0, 0.1) is 20.8 Å². The second kappa shape index (κ2) is 6.03. The monoisotopic (exact) mass is 296 g/mol. The summed E-state index contributed by atoms with van der Waals surface area (Å²) in [5, 5.41) is 0. The zero-order chi connectivity index (χ0) is 14.9. The van der Waals surface area contributed by atoms with Crippen LogP contribution in [0.3, 0.4) is 0 Å². The van der Waals surface area contributed by atoms with Crippen molar-refractivity contribution in [2.24, 2.45) is 0 Å². The summed E-state index contributed by atoms with van der Waals surface area (Å²) >= 11 is 1.51. The van der Waals surface area contributed by atoms with Crippen molar-refractivity contribution in [2.75, 3.05) is 13.2 Å². The van der Waals surface area contributed by atoms with Crippen molar-refractivity contribution in [3.63, 3.8) is 0 Å². The largest absolute Gasteiger partial charge is 0.347 e. The second-order valence-corrected chi connectivity index (χ2v) is 5.71. The molecule has 20 heavy (non-hydrogen) atoms. The highest BCUT2D eigenvalue weighted by molar-refractivity contribution is 7.17. The summed E-state index contributed by atoms with van der Waals surface area (Å²) in [6.07, 6.45) is -0.578. The highest BCUT2D eigenvalue weighted by Crippen LogP contribution is 2.24. The Labute approximate surface area is 122 Å². The van der Waals surface area contributed by atoms with Gasteiger partial charge in [-0.1, -0.05) is 0 Å². The average Bonchev–Trinajstić information content (AvgIpc) is 2.69. The first-order chi connectivity index (χ1) is 9.51. The Balaban J connectivity index is 2.65. The molecule has 0 N–H and O–H groups in total. The van der Waals surface area contributed by atoms with Crippen molar-refractivity contribution in [3.8, 4) is 0 Å². The molecule has 0 spiro atoms. The van der Waals surface area contributed by atoms with Crippen molar-refractivity contribution in [3.05, 3.63) is 32.2 Å². The molecule has 2 aromatic heterocycles. The van der Waals surface area contributed by atoms with Gasteiger partial charge in [-0.05, 0) is 34.6 Å². The van der Waals surface area contributed by atoms with Crippen molar-refractivity contribution in [1.82, 2.24) is 9.38 Å². The number of rotatable bonds is 5. The Kier molecular flexibility index (Phi) is 4.57. The van der Waals surface area contributed by atoms with Crippen molar-refractivity contribution in [1.29, 1.82) is 0 Å². The first kappa shape index (κ1) is 15.2. The number of hydrogen-bond donors (Lipinski definition) is 0. The zero-order valence-corrected chi connectivity index (χ0v) is 13.3. The fourth-order valence-electron chi connectivity index (χ4n) is 2.07. The minimum atomic E-state index is -0.578. The molecule has 2 heterocycles. The minimum absolute atomic E-state index is 0.0451. The van der Waals surface area contributed by atoms with E-state index < -0.39 is 6.29 Å². The van der Waals surface area contributed by atoms with Gasteiger partial charge in [-0.3, -0.25) is 9.20 Å². The third-order valence-electron chi connectivity index (χ3n) is 3.26. The van der Waals surface area contributed by atoms with Gasteiger partial charge in [0.05, 0.1) is 0 Å². The van der Waals surface area contributed by atoms with Crippen LogP contribution in [0.4, 0.5) is 0 Å². The Bertz CT molecular complexity index is 669. The van der Waals surface area contributed by atoms with Gasteiger partial charge in [0.1, 0.15) is 5.69 Å². The predicted molar refractivity (Wildman–Crippen MR) is 79.5 cm³/mol. The molecule has 0 radical (unpaired) electrons. The van der Waals surface area contributed by atoms with Crippen LogP contribution in [0.2, 0.25) is 0 Å². The predicted octanol–water partition coefficient (Wildman–Crippen LogP) is 2.75. The van der Waals surface area contributed by atoms with Gasteiger partial charge >= 0.3 is 0 Å². The van der Waals surface area contributed by atoms with Crippen LogP contribution >= 0.6 is 11.3 Å². The van der Waals surface area contributed by atoms with Crippen molar-refractivity contribution >= 4 is 16.3 Å². The fraction of sp³-hybridized carbons (Fsp3) is 0.571. The molecule has 0 aliphatic carbocycles. The number of aromatic nitrogens is 2. The molecule has 0 bridgehead atoms. The first-order valence-electron chi connectivity index (χ1n) is 6.73. The van der Waals surface area contributed by atoms with E-state index in [2.05, 4.69) is 4.98 Å². The van der Waals surface area contributed by atoms with Gasteiger partial charge in [0.2, 0.25) is 6.29 Å². The smallest absolute Gasteiger partial charge is 0.262 e. The quantitative estimate of drug-likeness (QED) is 0.796. The van der Waals surface area contributed by atoms with Gasteiger partial charge in [-0.15, -0.1) is 11.3 Å². The number of hydrogen-bond acceptors (Lipinski definition) is 5. The van der Waals surface area contributed by atoms with Gasteiger partial charge in [0, 0.05) is 29.3 Å². The molecular formula is C14H20N2O3S. The summed E-state index contributed by atoms with van der Waals surface area (Å²) in [5.74, 6) is 0. The van der Waals surface area contributed by atoms with Crippen LogP contribution in [0.25, 0.3) is 4.96 Å². The van der Waals surface area contributed by atoms with E-state index in [9.17, 15) is 4.79 Å². The van der Waals surface area contributed by atoms with E-state index in [4.69, 9.17) is 9.47 Å². The van der Waals surface area contributed by atoms with Crippen molar-refractivity contribution < 1.29 is 9.47 Å². The second-order valence-electron chi connectivity index (χ2n) is 4.53. The molecule has 0 saturated carbocycles. The molecule has 6 heteroatoms. The van der Waals surface area contributed by atoms with Crippen molar-refractivity contribution in [2.45, 2.75) is 40.9 Å². The van der Waals surface area contributed by atoms with E-state index in [1.54, 1.807) is 11.3 Å². The summed E-state index contributed by atoms with van der Waals surface area (Å²) in [7, 11) is 0. The van der Waals surface area contributed by atoms with E-state index in [0.717, 1.165) is 10.6 Å². The summed E-state index contributed by atoms with van der Waals surface area (Å²) in [5.41, 5.74) is 2.06. The highest BCUT2D eigenvalue weighted by Gasteiger charge is 2.21. The number of ether oxygens (including phenoxy) is 2. The molecule has 110 valence electrons. The minimum Gasteiger partial charge on any atom is -0.347 e. The van der Waals surface area contributed by atoms with Crippen LogP contribution in [-0.4, -0.2) is 22.6 Å². The molecule has 0 aromatic carbocycles. The number of fused-ring (bicyclic) bond motifs is 1. The normalized spacial score (nSPS) is 11.7. The molecule has 2 aromatic rings. The molecule has 0 amide bonds. The SMILES string of the molecule is CCOC(OCC)c1nc2sc(C)c(C)n2c(=O)c1C. The van der Waals surface area contributed by atoms with Gasteiger partial charge in [-0.25, -0.2) is 4.98 Å². The number of nitrogens with zero attached hydrogens (tertiary/aromatic N) is 2.